The third-order valence-corrected chi connectivity index (χ3v) is 3.17. The number of nitrogens with two attached hydrogens (primary N) is 1. The fourth-order valence-corrected chi connectivity index (χ4v) is 1.97. The molecule has 8 heteroatoms. The Hall–Kier alpha value is -1.60. The van der Waals surface area contributed by atoms with Gasteiger partial charge in [0.1, 0.15) is 0 Å². The Kier molecular flexibility index (Phi) is 10.2. The number of alkyl halides is 2. The second kappa shape index (κ2) is 11.0. The van der Waals surface area contributed by atoms with Gasteiger partial charge in [0.05, 0.1) is 7.11 Å². The molecule has 132 valence electrons. The maximum absolute atomic E-state index is 12.3. The van der Waals surface area contributed by atoms with Crippen molar-refractivity contribution in [2.45, 2.75) is 38.8 Å². The van der Waals surface area contributed by atoms with Gasteiger partial charge in [-0.25, -0.2) is 0 Å². The normalized spacial score (nSPS) is 11.6. The van der Waals surface area contributed by atoms with Gasteiger partial charge >= 0.3 is 6.61 Å². The van der Waals surface area contributed by atoms with Gasteiger partial charge in [0.15, 0.2) is 11.5 Å². The molecule has 0 aliphatic rings. The molecule has 1 amide bonds. The molecule has 0 aliphatic heterocycles. The van der Waals surface area contributed by atoms with Crippen LogP contribution in [0.1, 0.15) is 36.5 Å². The number of unbranched alkanes of at least 4 members (excludes halogenated alkanes) is 1. The summed E-state index contributed by atoms with van der Waals surface area (Å²) in [4.78, 5) is 12.2. The molecule has 1 aromatic carbocycles. The van der Waals surface area contributed by atoms with Crippen LogP contribution >= 0.6 is 12.4 Å². The smallest absolute Gasteiger partial charge is 0.387 e. The Bertz CT molecular complexity index is 490. The number of hydrogen-bond donors (Lipinski definition) is 2. The van der Waals surface area contributed by atoms with Crippen molar-refractivity contribution in [3.8, 4) is 11.5 Å². The Morgan fingerprint density at radius 2 is 2.04 bits per heavy atom. The molecule has 0 bridgehead atoms. The van der Waals surface area contributed by atoms with Gasteiger partial charge < -0.3 is 20.5 Å². The molecule has 0 saturated heterocycles. The Balaban J connectivity index is 0.00000484. The van der Waals surface area contributed by atoms with E-state index in [1.165, 1.54) is 25.3 Å². The molecule has 1 rings (SSSR count). The van der Waals surface area contributed by atoms with Gasteiger partial charge in [-0.3, -0.25) is 4.79 Å². The van der Waals surface area contributed by atoms with Crippen LogP contribution in [0.4, 0.5) is 8.78 Å². The first-order valence-electron chi connectivity index (χ1n) is 7.15. The highest BCUT2D eigenvalue weighted by Crippen LogP contribution is 2.29. The highest BCUT2D eigenvalue weighted by molar-refractivity contribution is 5.95. The molecule has 3 N–H and O–H groups in total. The highest BCUT2D eigenvalue weighted by atomic mass is 35.5. The first kappa shape index (κ1) is 21.4. The predicted octanol–water partition coefficient (Wildman–Crippen LogP) is 2.97. The number of ether oxygens (including phenoxy) is 2. The summed E-state index contributed by atoms with van der Waals surface area (Å²) in [5.74, 6) is -0.366. The van der Waals surface area contributed by atoms with Crippen LogP contribution < -0.4 is 20.5 Å². The number of hydrogen-bond acceptors (Lipinski definition) is 4. The van der Waals surface area contributed by atoms with Crippen molar-refractivity contribution in [1.82, 2.24) is 5.32 Å². The number of benzene rings is 1. The van der Waals surface area contributed by atoms with E-state index in [0.717, 1.165) is 19.3 Å². The third-order valence-electron chi connectivity index (χ3n) is 3.17. The second-order valence-corrected chi connectivity index (χ2v) is 4.79. The number of nitrogens with one attached hydrogen (secondary N) is 1. The van der Waals surface area contributed by atoms with Crippen molar-refractivity contribution in [2.24, 2.45) is 5.73 Å². The van der Waals surface area contributed by atoms with Crippen LogP contribution in [-0.2, 0) is 0 Å². The highest BCUT2D eigenvalue weighted by Gasteiger charge is 2.16. The second-order valence-electron chi connectivity index (χ2n) is 4.79. The number of halogens is 3. The zero-order valence-electron chi connectivity index (χ0n) is 13.2. The van der Waals surface area contributed by atoms with Gasteiger partial charge in [-0.15, -0.1) is 12.4 Å². The summed E-state index contributed by atoms with van der Waals surface area (Å²) in [6, 6.07) is 3.93. The monoisotopic (exact) mass is 352 g/mol. The minimum absolute atomic E-state index is 0. The average Bonchev–Trinajstić information content (AvgIpc) is 2.50. The van der Waals surface area contributed by atoms with E-state index < -0.39 is 6.61 Å². The Morgan fingerprint density at radius 3 is 2.57 bits per heavy atom. The molecule has 23 heavy (non-hydrogen) atoms. The number of carbonyl (C=O) groups excluding carboxylic acids is 1. The van der Waals surface area contributed by atoms with Crippen LogP contribution in [0.25, 0.3) is 0 Å². The standard InChI is InChI=1S/C15H22F2N2O3.ClH/c1-3-4-5-11(9-18)19-14(20)10-6-7-12(22-15(16)17)13(8-10)21-2;/h6-8,11,15H,3-5,9,18H2,1-2H3,(H,19,20);1H. The van der Waals surface area contributed by atoms with Crippen molar-refractivity contribution >= 4 is 18.3 Å². The quantitative estimate of drug-likeness (QED) is 0.716. The zero-order chi connectivity index (χ0) is 16.5. The topological polar surface area (TPSA) is 73.6 Å². The summed E-state index contributed by atoms with van der Waals surface area (Å²) >= 11 is 0. The van der Waals surface area contributed by atoms with Crippen molar-refractivity contribution in [3.63, 3.8) is 0 Å². The summed E-state index contributed by atoms with van der Waals surface area (Å²) < 4.78 is 33.8. The van der Waals surface area contributed by atoms with Crippen molar-refractivity contribution in [1.29, 1.82) is 0 Å². The lowest BCUT2D eigenvalue weighted by atomic mass is 10.1. The number of amides is 1. The van der Waals surface area contributed by atoms with E-state index in [4.69, 9.17) is 10.5 Å². The van der Waals surface area contributed by atoms with Crippen molar-refractivity contribution < 1.29 is 23.0 Å². The third kappa shape index (κ3) is 7.00. The minimum atomic E-state index is -2.95. The van der Waals surface area contributed by atoms with E-state index in [0.29, 0.717) is 12.1 Å². The van der Waals surface area contributed by atoms with Gasteiger partial charge in [-0.1, -0.05) is 19.8 Å². The van der Waals surface area contributed by atoms with Crippen LogP contribution in [0, 0.1) is 0 Å². The number of rotatable bonds is 9. The summed E-state index contributed by atoms with van der Waals surface area (Å²) in [7, 11) is 1.32. The molecular formula is C15H23ClF2N2O3. The lowest BCUT2D eigenvalue weighted by Crippen LogP contribution is -2.40. The summed E-state index contributed by atoms with van der Waals surface area (Å²) in [5.41, 5.74) is 5.93. The fourth-order valence-electron chi connectivity index (χ4n) is 1.97. The van der Waals surface area contributed by atoms with Crippen molar-refractivity contribution in [2.75, 3.05) is 13.7 Å². The molecule has 1 unspecified atom stereocenters. The summed E-state index contributed by atoms with van der Waals surface area (Å²) in [5, 5.41) is 2.82. The molecular weight excluding hydrogens is 330 g/mol. The molecule has 1 aromatic rings. The van der Waals surface area contributed by atoms with E-state index in [1.54, 1.807) is 0 Å². The summed E-state index contributed by atoms with van der Waals surface area (Å²) in [6.07, 6.45) is 2.77. The van der Waals surface area contributed by atoms with Gasteiger partial charge in [0.25, 0.3) is 5.91 Å². The summed E-state index contributed by atoms with van der Waals surface area (Å²) in [6.45, 7) is -0.554. The van der Waals surface area contributed by atoms with E-state index in [9.17, 15) is 13.6 Å². The van der Waals surface area contributed by atoms with Gasteiger partial charge in [0, 0.05) is 18.2 Å². The maximum Gasteiger partial charge on any atom is 0.387 e. The number of carbonyl (C=O) groups is 1. The van der Waals surface area contributed by atoms with E-state index in [2.05, 4.69) is 17.0 Å². The van der Waals surface area contributed by atoms with Gasteiger partial charge in [-0.2, -0.15) is 8.78 Å². The molecule has 0 aliphatic carbocycles. The molecule has 1 atom stereocenters. The molecule has 0 spiro atoms. The van der Waals surface area contributed by atoms with E-state index in [1.807, 2.05) is 0 Å². The first-order valence-corrected chi connectivity index (χ1v) is 7.15. The lowest BCUT2D eigenvalue weighted by molar-refractivity contribution is -0.0512. The molecule has 0 fully saturated rings. The van der Waals surface area contributed by atoms with Gasteiger partial charge in [-0.05, 0) is 24.6 Å². The fraction of sp³-hybridized carbons (Fsp3) is 0.533. The van der Waals surface area contributed by atoms with Crippen LogP contribution in [0.2, 0.25) is 0 Å². The molecule has 5 nitrogen and oxygen atoms in total. The minimum Gasteiger partial charge on any atom is -0.493 e. The van der Waals surface area contributed by atoms with E-state index >= 15 is 0 Å². The van der Waals surface area contributed by atoms with Crippen LogP contribution in [0.3, 0.4) is 0 Å². The van der Waals surface area contributed by atoms with Crippen LogP contribution in [0.15, 0.2) is 18.2 Å². The first-order chi connectivity index (χ1) is 10.5. The predicted molar refractivity (Wildman–Crippen MR) is 86.7 cm³/mol. The van der Waals surface area contributed by atoms with Gasteiger partial charge in [0.2, 0.25) is 0 Å². The SMILES string of the molecule is CCCCC(CN)NC(=O)c1ccc(OC(F)F)c(OC)c1.Cl. The van der Waals surface area contributed by atoms with Crippen molar-refractivity contribution in [3.05, 3.63) is 23.8 Å². The Labute approximate surface area is 140 Å². The average molecular weight is 353 g/mol. The molecule has 0 radical (unpaired) electrons. The maximum atomic E-state index is 12.3. The number of methoxy groups -OCH3 is 1. The molecule has 0 aromatic heterocycles. The zero-order valence-corrected chi connectivity index (χ0v) is 14.0. The molecule has 0 heterocycles. The largest absolute Gasteiger partial charge is 0.493 e. The van der Waals surface area contributed by atoms with Crippen LogP contribution in [0.5, 0.6) is 11.5 Å². The van der Waals surface area contributed by atoms with Crippen LogP contribution in [-0.4, -0.2) is 32.2 Å². The lowest BCUT2D eigenvalue weighted by Gasteiger charge is -2.17. The van der Waals surface area contributed by atoms with E-state index in [-0.39, 0.29) is 35.9 Å². The Morgan fingerprint density at radius 1 is 1.35 bits per heavy atom. The molecule has 0 saturated carbocycles.